The van der Waals surface area contributed by atoms with Gasteiger partial charge in [-0.1, -0.05) is 11.6 Å². The summed E-state index contributed by atoms with van der Waals surface area (Å²) in [5.41, 5.74) is 2.80. The molecule has 2 aromatic heterocycles. The Morgan fingerprint density at radius 1 is 1.31 bits per heavy atom. The molecule has 0 aliphatic rings. The van der Waals surface area contributed by atoms with E-state index in [1.807, 2.05) is 0 Å². The Labute approximate surface area is 174 Å². The number of halogens is 2. The van der Waals surface area contributed by atoms with E-state index in [0.29, 0.717) is 38.6 Å². The molecule has 0 fully saturated rings. The lowest BCUT2D eigenvalue weighted by atomic mass is 10.2. The van der Waals surface area contributed by atoms with Crippen LogP contribution in [-0.4, -0.2) is 33.5 Å². The number of aromatic nitrogens is 2. The largest absolute Gasteiger partial charge is 0.351 e. The third kappa shape index (κ3) is 4.78. The van der Waals surface area contributed by atoms with Crippen molar-refractivity contribution in [2.24, 2.45) is 0 Å². The number of rotatable bonds is 7. The molecule has 3 rings (SSSR count). The second-order valence-electron chi connectivity index (χ2n) is 6.11. The van der Waals surface area contributed by atoms with Gasteiger partial charge in [-0.05, 0) is 37.1 Å². The zero-order chi connectivity index (χ0) is 21.0. The second-order valence-corrected chi connectivity index (χ2v) is 7.51. The molecular formula is C18H17ClFN5O3S. The fraction of sp³-hybridized carbons (Fsp3) is 0.222. The van der Waals surface area contributed by atoms with Crippen LogP contribution in [0, 0.1) is 12.7 Å². The van der Waals surface area contributed by atoms with Crippen molar-refractivity contribution in [2.45, 2.75) is 19.8 Å². The second kappa shape index (κ2) is 9.12. The number of hydrogen-bond donors (Lipinski definition) is 4. The number of thiophene rings is 1. The van der Waals surface area contributed by atoms with Gasteiger partial charge in [0.15, 0.2) is 0 Å². The van der Waals surface area contributed by atoms with Crippen LogP contribution in [0.5, 0.6) is 0 Å². The quantitative estimate of drug-likeness (QED) is 0.255. The van der Waals surface area contributed by atoms with Crippen LogP contribution in [0.2, 0.25) is 5.02 Å². The highest BCUT2D eigenvalue weighted by molar-refractivity contribution is 7.20. The minimum absolute atomic E-state index is 0.0164. The van der Waals surface area contributed by atoms with Crippen LogP contribution < -0.4 is 16.1 Å². The number of hydroxylamine groups is 1. The average Bonchev–Trinajstić information content (AvgIpc) is 3.05. The molecule has 4 N–H and O–H groups in total. The summed E-state index contributed by atoms with van der Waals surface area (Å²) < 4.78 is 13.4. The minimum atomic E-state index is -0.521. The van der Waals surface area contributed by atoms with Crippen molar-refractivity contribution in [1.29, 1.82) is 0 Å². The number of aryl methyl sites for hydroxylation is 1. The van der Waals surface area contributed by atoms with Crippen molar-refractivity contribution in [2.75, 3.05) is 11.9 Å². The predicted molar refractivity (Wildman–Crippen MR) is 108 cm³/mol. The molecule has 2 amide bonds. The third-order valence-corrected chi connectivity index (χ3v) is 5.59. The summed E-state index contributed by atoms with van der Waals surface area (Å²) in [6, 6.07) is 4.23. The molecule has 0 saturated carbocycles. The fourth-order valence-electron chi connectivity index (χ4n) is 2.68. The van der Waals surface area contributed by atoms with Crippen LogP contribution in [0.4, 0.5) is 15.9 Å². The standard InChI is InChI=1S/C18H17ClFN5O3S/c1-9-14-16(24-10-4-5-12(20)11(19)7-10)22-8-23-18(14)29-15(9)17(27)21-6-2-3-13(26)25-28/h4-5,7-8,28H,2-3,6H2,1H3,(H,21,27)(H,25,26)(H,22,23,24). The smallest absolute Gasteiger partial charge is 0.261 e. The van der Waals surface area contributed by atoms with E-state index in [0.717, 1.165) is 0 Å². The Balaban J connectivity index is 1.80. The molecule has 0 bridgehead atoms. The lowest BCUT2D eigenvalue weighted by Gasteiger charge is -2.08. The van der Waals surface area contributed by atoms with Crippen molar-refractivity contribution in [3.63, 3.8) is 0 Å². The minimum Gasteiger partial charge on any atom is -0.351 e. The molecule has 0 aliphatic carbocycles. The Bertz CT molecular complexity index is 1080. The van der Waals surface area contributed by atoms with E-state index in [4.69, 9.17) is 16.8 Å². The highest BCUT2D eigenvalue weighted by Crippen LogP contribution is 2.34. The van der Waals surface area contributed by atoms with Gasteiger partial charge in [0.25, 0.3) is 5.91 Å². The van der Waals surface area contributed by atoms with Gasteiger partial charge < -0.3 is 10.6 Å². The summed E-state index contributed by atoms with van der Waals surface area (Å²) in [5.74, 6) is -0.841. The van der Waals surface area contributed by atoms with Gasteiger partial charge in [-0.25, -0.2) is 19.8 Å². The van der Waals surface area contributed by atoms with Crippen LogP contribution in [-0.2, 0) is 4.79 Å². The fourth-order valence-corrected chi connectivity index (χ4v) is 3.93. The topological polar surface area (TPSA) is 116 Å². The number of nitrogens with zero attached hydrogens (tertiary/aromatic N) is 2. The molecule has 0 saturated heterocycles. The first-order valence-electron chi connectivity index (χ1n) is 8.58. The molecule has 1 aromatic carbocycles. The molecule has 0 aliphatic heterocycles. The lowest BCUT2D eigenvalue weighted by Crippen LogP contribution is -2.26. The molecular weight excluding hydrogens is 421 g/mol. The number of amides is 2. The molecule has 0 atom stereocenters. The van der Waals surface area contributed by atoms with E-state index in [1.165, 1.54) is 35.9 Å². The van der Waals surface area contributed by atoms with Gasteiger partial charge in [0.2, 0.25) is 5.91 Å². The van der Waals surface area contributed by atoms with Crippen molar-refractivity contribution in [1.82, 2.24) is 20.8 Å². The zero-order valence-corrected chi connectivity index (χ0v) is 16.8. The number of carbonyl (C=O) groups excluding carboxylic acids is 2. The first kappa shape index (κ1) is 20.9. The summed E-state index contributed by atoms with van der Waals surface area (Å²) in [7, 11) is 0. The first-order valence-corrected chi connectivity index (χ1v) is 9.77. The maximum absolute atomic E-state index is 13.4. The van der Waals surface area contributed by atoms with Gasteiger partial charge in [-0.2, -0.15) is 0 Å². The summed E-state index contributed by atoms with van der Waals surface area (Å²) in [5, 5.41) is 15.0. The van der Waals surface area contributed by atoms with Gasteiger partial charge in [-0.3, -0.25) is 14.8 Å². The normalized spacial score (nSPS) is 10.8. The van der Waals surface area contributed by atoms with Crippen LogP contribution in [0.1, 0.15) is 28.1 Å². The molecule has 3 aromatic rings. The van der Waals surface area contributed by atoms with Crippen molar-refractivity contribution in [3.8, 4) is 0 Å². The molecule has 0 spiro atoms. The molecule has 152 valence electrons. The number of benzene rings is 1. The van der Waals surface area contributed by atoms with Crippen molar-refractivity contribution < 1.29 is 19.2 Å². The number of hydrogen-bond acceptors (Lipinski definition) is 7. The lowest BCUT2D eigenvalue weighted by molar-refractivity contribution is -0.129. The number of nitrogens with one attached hydrogen (secondary N) is 3. The molecule has 29 heavy (non-hydrogen) atoms. The number of fused-ring (bicyclic) bond motifs is 1. The Kier molecular flexibility index (Phi) is 6.57. The van der Waals surface area contributed by atoms with Gasteiger partial charge in [0.05, 0.1) is 15.3 Å². The SMILES string of the molecule is Cc1c(C(=O)NCCCC(=O)NO)sc2ncnc(Nc3ccc(F)c(Cl)c3)c12. The maximum atomic E-state index is 13.4. The van der Waals surface area contributed by atoms with Crippen LogP contribution in [0.25, 0.3) is 10.2 Å². The predicted octanol–water partition coefficient (Wildman–Crippen LogP) is 3.55. The number of anilines is 2. The summed E-state index contributed by atoms with van der Waals surface area (Å²) in [6.07, 6.45) is 1.86. The highest BCUT2D eigenvalue weighted by atomic mass is 35.5. The molecule has 0 radical (unpaired) electrons. The Morgan fingerprint density at radius 2 is 2.10 bits per heavy atom. The van der Waals surface area contributed by atoms with Gasteiger partial charge in [0.1, 0.15) is 22.8 Å². The zero-order valence-electron chi connectivity index (χ0n) is 15.3. The van der Waals surface area contributed by atoms with Crippen LogP contribution in [0.15, 0.2) is 24.5 Å². The maximum Gasteiger partial charge on any atom is 0.261 e. The summed E-state index contributed by atoms with van der Waals surface area (Å²) in [6.45, 7) is 2.07. The third-order valence-electron chi connectivity index (χ3n) is 4.11. The van der Waals surface area contributed by atoms with E-state index < -0.39 is 11.7 Å². The van der Waals surface area contributed by atoms with E-state index >= 15 is 0 Å². The molecule has 2 heterocycles. The van der Waals surface area contributed by atoms with Crippen molar-refractivity contribution in [3.05, 3.63) is 45.8 Å². The van der Waals surface area contributed by atoms with E-state index in [9.17, 15) is 14.0 Å². The molecule has 11 heteroatoms. The highest BCUT2D eigenvalue weighted by Gasteiger charge is 2.19. The molecule has 0 unspecified atom stereocenters. The van der Waals surface area contributed by atoms with Gasteiger partial charge in [0, 0.05) is 18.7 Å². The average molecular weight is 438 g/mol. The van der Waals surface area contributed by atoms with Crippen molar-refractivity contribution >= 4 is 56.5 Å². The van der Waals surface area contributed by atoms with Gasteiger partial charge >= 0.3 is 0 Å². The van der Waals surface area contributed by atoms with E-state index in [-0.39, 0.29) is 23.9 Å². The van der Waals surface area contributed by atoms with Gasteiger partial charge in [-0.15, -0.1) is 11.3 Å². The van der Waals surface area contributed by atoms with E-state index in [2.05, 4.69) is 20.6 Å². The summed E-state index contributed by atoms with van der Waals surface area (Å²) >= 11 is 7.05. The Morgan fingerprint density at radius 3 is 2.83 bits per heavy atom. The Hall–Kier alpha value is -2.82. The number of carbonyl (C=O) groups is 2. The first-order chi connectivity index (χ1) is 13.9. The van der Waals surface area contributed by atoms with E-state index in [1.54, 1.807) is 12.4 Å². The summed E-state index contributed by atoms with van der Waals surface area (Å²) in [4.78, 5) is 33.1. The van der Waals surface area contributed by atoms with Crippen LogP contribution >= 0.6 is 22.9 Å². The monoisotopic (exact) mass is 437 g/mol. The van der Waals surface area contributed by atoms with Crippen LogP contribution in [0.3, 0.4) is 0 Å². The molecule has 8 nitrogen and oxygen atoms in total.